The first-order chi connectivity index (χ1) is 15.0. The maximum absolute atomic E-state index is 13.5. The number of rotatable bonds is 6. The van der Waals surface area contributed by atoms with Crippen LogP contribution < -0.4 is 9.46 Å². The lowest BCUT2D eigenvalue weighted by Gasteiger charge is -2.13. The van der Waals surface area contributed by atoms with Gasteiger partial charge in [0.25, 0.3) is 0 Å². The monoisotopic (exact) mass is 436 g/mol. The standard InChI is InChI=1S/C23H21FN4O2S/c1-4-15-11-16(12-17-13-25-23(24)27-21(15)17)18-9-10-20(26-22(18)30-3)28-31(29)19-8-6-5-7-14(19)2/h5-13H,4H2,1-3H3,(H,26,28). The zero-order valence-electron chi connectivity index (χ0n) is 17.3. The Labute approximate surface area is 182 Å². The van der Waals surface area contributed by atoms with Gasteiger partial charge in [0.1, 0.15) is 5.82 Å². The highest BCUT2D eigenvalue weighted by Gasteiger charge is 2.14. The van der Waals surface area contributed by atoms with Gasteiger partial charge in [-0.15, -0.1) is 0 Å². The SMILES string of the molecule is CCc1cc(-c2ccc(NS(=O)c3ccccc3C)nc2OC)cc2cnc(F)nc12. The van der Waals surface area contributed by atoms with E-state index < -0.39 is 17.1 Å². The summed E-state index contributed by atoms with van der Waals surface area (Å²) in [5.74, 6) is 0.820. The molecule has 0 spiro atoms. The van der Waals surface area contributed by atoms with Crippen LogP contribution >= 0.6 is 0 Å². The van der Waals surface area contributed by atoms with Crippen LogP contribution in [0.5, 0.6) is 5.88 Å². The second-order valence-electron chi connectivity index (χ2n) is 6.96. The average Bonchev–Trinajstić information content (AvgIpc) is 2.78. The van der Waals surface area contributed by atoms with Crippen molar-refractivity contribution in [2.24, 2.45) is 0 Å². The molecule has 1 N–H and O–H groups in total. The van der Waals surface area contributed by atoms with E-state index in [0.717, 1.165) is 27.6 Å². The van der Waals surface area contributed by atoms with Crippen LogP contribution in [-0.4, -0.2) is 26.3 Å². The van der Waals surface area contributed by atoms with Crippen LogP contribution in [0.1, 0.15) is 18.1 Å². The highest BCUT2D eigenvalue weighted by molar-refractivity contribution is 7.86. The number of nitrogens with zero attached hydrogens (tertiary/aromatic N) is 3. The van der Waals surface area contributed by atoms with E-state index in [2.05, 4.69) is 19.7 Å². The highest BCUT2D eigenvalue weighted by atomic mass is 32.2. The summed E-state index contributed by atoms with van der Waals surface area (Å²) in [6.07, 6.45) is 1.42. The summed E-state index contributed by atoms with van der Waals surface area (Å²) in [5, 5.41) is 0.737. The molecule has 2 heterocycles. The van der Waals surface area contributed by atoms with Gasteiger partial charge in [0.2, 0.25) is 5.88 Å². The summed E-state index contributed by atoms with van der Waals surface area (Å²) < 4.78 is 34.7. The van der Waals surface area contributed by atoms with E-state index in [-0.39, 0.29) is 0 Å². The highest BCUT2D eigenvalue weighted by Crippen LogP contribution is 2.33. The Morgan fingerprint density at radius 3 is 2.68 bits per heavy atom. The van der Waals surface area contributed by atoms with Crippen LogP contribution in [0.2, 0.25) is 0 Å². The van der Waals surface area contributed by atoms with Crippen molar-refractivity contribution in [3.63, 3.8) is 0 Å². The number of nitrogens with one attached hydrogen (secondary N) is 1. The summed E-state index contributed by atoms with van der Waals surface area (Å²) in [5.41, 5.74) is 4.04. The lowest BCUT2D eigenvalue weighted by molar-refractivity contribution is 0.400. The summed E-state index contributed by atoms with van der Waals surface area (Å²) in [6, 6.07) is 14.9. The Balaban J connectivity index is 1.71. The third kappa shape index (κ3) is 4.25. The van der Waals surface area contributed by atoms with E-state index in [0.29, 0.717) is 28.5 Å². The number of pyridine rings is 1. The van der Waals surface area contributed by atoms with Crippen molar-refractivity contribution in [2.45, 2.75) is 25.2 Å². The maximum Gasteiger partial charge on any atom is 0.309 e. The zero-order valence-corrected chi connectivity index (χ0v) is 18.2. The Morgan fingerprint density at radius 1 is 1.13 bits per heavy atom. The molecule has 2 aromatic heterocycles. The van der Waals surface area contributed by atoms with E-state index in [1.807, 2.05) is 56.3 Å². The number of anilines is 1. The first-order valence-electron chi connectivity index (χ1n) is 9.74. The first-order valence-corrected chi connectivity index (χ1v) is 10.9. The van der Waals surface area contributed by atoms with Crippen molar-refractivity contribution in [3.05, 3.63) is 71.9 Å². The van der Waals surface area contributed by atoms with Crippen molar-refractivity contribution >= 4 is 27.7 Å². The summed E-state index contributed by atoms with van der Waals surface area (Å²) in [4.78, 5) is 12.8. The smallest absolute Gasteiger partial charge is 0.309 e. The number of ether oxygens (including phenoxy) is 1. The lowest BCUT2D eigenvalue weighted by Crippen LogP contribution is -2.08. The minimum absolute atomic E-state index is 0.385. The van der Waals surface area contributed by atoms with Crippen molar-refractivity contribution in [3.8, 4) is 17.0 Å². The van der Waals surface area contributed by atoms with Crippen LogP contribution in [0.25, 0.3) is 22.0 Å². The molecule has 4 rings (SSSR count). The van der Waals surface area contributed by atoms with Gasteiger partial charge in [-0.05, 0) is 60.4 Å². The van der Waals surface area contributed by atoms with Crippen LogP contribution in [0.3, 0.4) is 0 Å². The van der Waals surface area contributed by atoms with E-state index in [1.54, 1.807) is 6.07 Å². The lowest BCUT2D eigenvalue weighted by atomic mass is 9.99. The fourth-order valence-electron chi connectivity index (χ4n) is 3.41. The van der Waals surface area contributed by atoms with Crippen molar-refractivity contribution < 1.29 is 13.3 Å². The predicted octanol–water partition coefficient (Wildman–Crippen LogP) is 4.85. The fraction of sp³-hybridized carbons (Fsp3) is 0.174. The number of hydrogen-bond acceptors (Lipinski definition) is 5. The van der Waals surface area contributed by atoms with Crippen LogP contribution in [0.15, 0.2) is 59.6 Å². The molecule has 158 valence electrons. The third-order valence-corrected chi connectivity index (χ3v) is 6.22. The molecule has 0 fully saturated rings. The molecule has 8 heteroatoms. The van der Waals surface area contributed by atoms with Gasteiger partial charge in [0.15, 0.2) is 11.0 Å². The van der Waals surface area contributed by atoms with Gasteiger partial charge in [-0.2, -0.15) is 9.37 Å². The molecule has 2 aromatic carbocycles. The molecule has 1 atom stereocenters. The summed E-state index contributed by atoms with van der Waals surface area (Å²) >= 11 is 0. The number of fused-ring (bicyclic) bond motifs is 1. The molecule has 1 unspecified atom stereocenters. The summed E-state index contributed by atoms with van der Waals surface area (Å²) in [6.45, 7) is 3.90. The molecule has 0 aliphatic carbocycles. The Kier molecular flexibility index (Phi) is 5.90. The number of hydrogen-bond donors (Lipinski definition) is 1. The molecule has 0 saturated carbocycles. The quantitative estimate of drug-likeness (QED) is 0.438. The van der Waals surface area contributed by atoms with Gasteiger partial charge >= 0.3 is 6.08 Å². The van der Waals surface area contributed by atoms with Crippen molar-refractivity contribution in [2.75, 3.05) is 11.8 Å². The van der Waals surface area contributed by atoms with Gasteiger partial charge in [-0.25, -0.2) is 14.2 Å². The van der Waals surface area contributed by atoms with Crippen LogP contribution in [0.4, 0.5) is 10.2 Å². The second kappa shape index (κ2) is 8.77. The van der Waals surface area contributed by atoms with E-state index >= 15 is 0 Å². The molecular formula is C23H21FN4O2S. The van der Waals surface area contributed by atoms with Crippen molar-refractivity contribution in [1.29, 1.82) is 0 Å². The van der Waals surface area contributed by atoms with Crippen molar-refractivity contribution in [1.82, 2.24) is 15.0 Å². The molecular weight excluding hydrogens is 415 g/mol. The molecule has 0 saturated heterocycles. The number of benzene rings is 2. The molecule has 0 radical (unpaired) electrons. The van der Waals surface area contributed by atoms with Gasteiger partial charge in [0.05, 0.1) is 17.5 Å². The van der Waals surface area contributed by atoms with E-state index in [9.17, 15) is 8.60 Å². The molecule has 0 amide bonds. The largest absolute Gasteiger partial charge is 0.480 e. The Bertz CT molecular complexity index is 1300. The second-order valence-corrected chi connectivity index (χ2v) is 8.14. The zero-order chi connectivity index (χ0) is 22.0. The van der Waals surface area contributed by atoms with Gasteiger partial charge in [-0.3, -0.25) is 4.72 Å². The minimum atomic E-state index is -1.45. The molecule has 4 aromatic rings. The third-order valence-electron chi connectivity index (χ3n) is 4.97. The normalized spacial score (nSPS) is 12.0. The van der Waals surface area contributed by atoms with E-state index in [4.69, 9.17) is 4.74 Å². The van der Waals surface area contributed by atoms with Gasteiger partial charge in [0, 0.05) is 17.1 Å². The fourth-order valence-corrected chi connectivity index (χ4v) is 4.39. The summed E-state index contributed by atoms with van der Waals surface area (Å²) in [7, 11) is 0.0825. The topological polar surface area (TPSA) is 77.0 Å². The molecule has 31 heavy (non-hydrogen) atoms. The Hall–Kier alpha value is -3.39. The van der Waals surface area contributed by atoms with Gasteiger partial charge in [-0.1, -0.05) is 25.1 Å². The molecule has 0 aliphatic rings. The number of methoxy groups -OCH3 is 1. The molecule has 6 nitrogen and oxygen atoms in total. The van der Waals surface area contributed by atoms with E-state index in [1.165, 1.54) is 13.3 Å². The Morgan fingerprint density at radius 2 is 1.94 bits per heavy atom. The first kappa shape index (κ1) is 20.9. The van der Waals surface area contributed by atoms with Gasteiger partial charge < -0.3 is 4.74 Å². The molecule has 0 aliphatic heterocycles. The number of halogens is 1. The minimum Gasteiger partial charge on any atom is -0.480 e. The van der Waals surface area contributed by atoms with Crippen LogP contribution in [-0.2, 0) is 17.4 Å². The maximum atomic E-state index is 13.5. The molecule has 0 bridgehead atoms. The average molecular weight is 437 g/mol. The number of aromatic nitrogens is 3. The predicted molar refractivity (Wildman–Crippen MR) is 120 cm³/mol. The number of aryl methyl sites for hydroxylation is 2. The van der Waals surface area contributed by atoms with Crippen LogP contribution in [0, 0.1) is 13.0 Å².